The summed E-state index contributed by atoms with van der Waals surface area (Å²) in [7, 11) is 1.37. The molecule has 1 amide bonds. The van der Waals surface area contributed by atoms with Crippen LogP contribution < -0.4 is 10.1 Å². The lowest BCUT2D eigenvalue weighted by Crippen LogP contribution is -2.17. The summed E-state index contributed by atoms with van der Waals surface area (Å²) in [5.74, 6) is 0.254. The molecule has 164 valence electrons. The van der Waals surface area contributed by atoms with E-state index in [0.29, 0.717) is 30.5 Å². The summed E-state index contributed by atoms with van der Waals surface area (Å²) in [6.07, 6.45) is 4.83. The number of rotatable bonds is 8. The molecule has 0 atom stereocenters. The molecule has 0 aromatic heterocycles. The molecule has 0 saturated heterocycles. The maximum absolute atomic E-state index is 12.5. The molecule has 0 heterocycles. The number of aliphatic carboxylic acids is 1. The number of carboxylic acid groups (broad SMARTS) is 1. The Kier molecular flexibility index (Phi) is 7.91. The minimum Gasteiger partial charge on any atom is -0.495 e. The Hall–Kier alpha value is -3.67. The highest BCUT2D eigenvalue weighted by atomic mass is 19.4. The number of hydrogen-bond acceptors (Lipinski definition) is 4. The number of allylic oxidation sites excluding steroid dienone is 3. The molecule has 2 rings (SSSR count). The number of hydrogen-bond donors (Lipinski definition) is 2. The van der Waals surface area contributed by atoms with Gasteiger partial charge in [-0.3, -0.25) is 4.79 Å². The normalized spacial score (nSPS) is 14.5. The van der Waals surface area contributed by atoms with Crippen molar-refractivity contribution in [3.8, 4) is 18.1 Å². The third-order valence-corrected chi connectivity index (χ3v) is 4.38. The molecule has 1 aliphatic rings. The number of methoxy groups -OCH3 is 1. The zero-order valence-corrected chi connectivity index (χ0v) is 16.6. The molecule has 0 spiro atoms. The van der Waals surface area contributed by atoms with Crippen LogP contribution in [0.15, 0.2) is 53.3 Å². The minimum atomic E-state index is -4.86. The molecule has 0 radical (unpaired) electrons. The fourth-order valence-corrected chi connectivity index (χ4v) is 3.02. The van der Waals surface area contributed by atoms with Crippen LogP contribution in [0.4, 0.5) is 18.9 Å². The molecule has 9 heteroatoms. The first-order chi connectivity index (χ1) is 14.6. The Balaban J connectivity index is 2.20. The standard InChI is InChI=1S/C22H20F3NO5/c1-3-4-6-15(31-22(23,24)25)11-9-14-10-12-18(19(13-14)30-2)26-20(27)16-7-5-8-17(16)21(28)29/h1,4,6,10-13H,5,7-9H2,2H3,(H,26,27)(H,28,29)/b6-4-,15-11+. The fourth-order valence-electron chi connectivity index (χ4n) is 3.02. The lowest BCUT2D eigenvalue weighted by atomic mass is 10.1. The Morgan fingerprint density at radius 2 is 2.00 bits per heavy atom. The van der Waals surface area contributed by atoms with E-state index in [2.05, 4.69) is 16.0 Å². The summed E-state index contributed by atoms with van der Waals surface area (Å²) in [4.78, 5) is 23.7. The van der Waals surface area contributed by atoms with E-state index in [9.17, 15) is 27.9 Å². The van der Waals surface area contributed by atoms with Crippen molar-refractivity contribution in [1.29, 1.82) is 0 Å². The first kappa shape index (κ1) is 23.6. The molecule has 0 fully saturated rings. The van der Waals surface area contributed by atoms with Crippen molar-refractivity contribution < 1.29 is 37.3 Å². The number of terminal acetylenes is 1. The second kappa shape index (κ2) is 10.4. The van der Waals surface area contributed by atoms with Crippen LogP contribution >= 0.6 is 0 Å². The number of anilines is 1. The van der Waals surface area contributed by atoms with Crippen LogP contribution in [-0.4, -0.2) is 30.5 Å². The van der Waals surface area contributed by atoms with Crippen LogP contribution in [0, 0.1) is 12.3 Å². The van der Waals surface area contributed by atoms with E-state index in [1.165, 1.54) is 19.3 Å². The number of carboxylic acids is 1. The second-order valence-electron chi connectivity index (χ2n) is 6.46. The SMILES string of the molecule is C#C/C=C\C(=C/Cc1ccc(NC(=O)C2=C(C(=O)O)CCC2)c(OC)c1)OC(F)(F)F. The third-order valence-electron chi connectivity index (χ3n) is 4.38. The summed E-state index contributed by atoms with van der Waals surface area (Å²) in [5, 5.41) is 11.8. The Morgan fingerprint density at radius 1 is 1.29 bits per heavy atom. The van der Waals surface area contributed by atoms with Gasteiger partial charge in [0.15, 0.2) is 0 Å². The number of halogens is 3. The lowest BCUT2D eigenvalue weighted by Gasteiger charge is -2.13. The number of ether oxygens (including phenoxy) is 2. The van der Waals surface area contributed by atoms with Crippen LogP contribution in [0.25, 0.3) is 0 Å². The molecule has 1 aromatic carbocycles. The van der Waals surface area contributed by atoms with Crippen LogP contribution in [0.2, 0.25) is 0 Å². The highest BCUT2D eigenvalue weighted by Crippen LogP contribution is 2.31. The van der Waals surface area contributed by atoms with Crippen molar-refractivity contribution in [3.63, 3.8) is 0 Å². The maximum atomic E-state index is 12.5. The molecule has 0 saturated carbocycles. The van der Waals surface area contributed by atoms with Gasteiger partial charge in [-0.1, -0.05) is 12.0 Å². The first-order valence-corrected chi connectivity index (χ1v) is 9.16. The average molecular weight is 435 g/mol. The van der Waals surface area contributed by atoms with E-state index < -0.39 is 24.0 Å². The summed E-state index contributed by atoms with van der Waals surface area (Å²) in [6, 6.07) is 4.66. The molecule has 1 aromatic rings. The molecule has 0 bridgehead atoms. The Bertz CT molecular complexity index is 984. The summed E-state index contributed by atoms with van der Waals surface area (Å²) in [6.45, 7) is 0. The van der Waals surface area contributed by atoms with Crippen molar-refractivity contribution in [2.45, 2.75) is 32.0 Å². The molecular formula is C22H20F3NO5. The molecular weight excluding hydrogens is 415 g/mol. The van der Waals surface area contributed by atoms with Crippen LogP contribution in [0.3, 0.4) is 0 Å². The number of carbonyl (C=O) groups is 2. The Morgan fingerprint density at radius 3 is 2.61 bits per heavy atom. The van der Waals surface area contributed by atoms with Gasteiger partial charge in [-0.15, -0.1) is 19.6 Å². The van der Waals surface area contributed by atoms with Crippen LogP contribution in [-0.2, 0) is 20.7 Å². The smallest absolute Gasteiger partial charge is 0.495 e. The third kappa shape index (κ3) is 6.96. The van der Waals surface area contributed by atoms with E-state index in [-0.39, 0.29) is 23.3 Å². The number of carbonyl (C=O) groups excluding carboxylic acids is 1. The zero-order chi connectivity index (χ0) is 23.0. The number of benzene rings is 1. The monoisotopic (exact) mass is 435 g/mol. The fraction of sp³-hybridized carbons (Fsp3) is 0.273. The summed E-state index contributed by atoms with van der Waals surface area (Å²) >= 11 is 0. The first-order valence-electron chi connectivity index (χ1n) is 9.16. The highest BCUT2D eigenvalue weighted by molar-refractivity contribution is 6.09. The molecule has 0 unspecified atom stereocenters. The van der Waals surface area contributed by atoms with Crippen LogP contribution in [0.1, 0.15) is 24.8 Å². The average Bonchev–Trinajstić information content (AvgIpc) is 3.20. The van der Waals surface area contributed by atoms with Crippen molar-refractivity contribution >= 4 is 17.6 Å². The van der Waals surface area contributed by atoms with E-state index in [4.69, 9.17) is 11.2 Å². The van der Waals surface area contributed by atoms with Gasteiger partial charge in [-0.05, 0) is 61.6 Å². The van der Waals surface area contributed by atoms with Gasteiger partial charge in [-0.2, -0.15) is 0 Å². The molecule has 0 aliphatic heterocycles. The van der Waals surface area contributed by atoms with E-state index in [1.54, 1.807) is 12.1 Å². The van der Waals surface area contributed by atoms with Gasteiger partial charge in [0.2, 0.25) is 0 Å². The Labute approximate surface area is 177 Å². The van der Waals surface area contributed by atoms with Crippen molar-refractivity contribution in [2.75, 3.05) is 12.4 Å². The van der Waals surface area contributed by atoms with Gasteiger partial charge in [0.05, 0.1) is 12.8 Å². The van der Waals surface area contributed by atoms with Gasteiger partial charge in [-0.25, -0.2) is 4.79 Å². The van der Waals surface area contributed by atoms with Gasteiger partial charge >= 0.3 is 12.3 Å². The molecule has 31 heavy (non-hydrogen) atoms. The van der Waals surface area contributed by atoms with Gasteiger partial charge in [0.1, 0.15) is 11.5 Å². The van der Waals surface area contributed by atoms with Crippen molar-refractivity contribution in [1.82, 2.24) is 0 Å². The quantitative estimate of drug-likeness (QED) is 0.360. The zero-order valence-electron chi connectivity index (χ0n) is 16.6. The second-order valence-corrected chi connectivity index (χ2v) is 6.46. The number of alkyl halides is 3. The summed E-state index contributed by atoms with van der Waals surface area (Å²) in [5.41, 5.74) is 1.20. The summed E-state index contributed by atoms with van der Waals surface area (Å²) < 4.78 is 46.7. The van der Waals surface area contributed by atoms with E-state index >= 15 is 0 Å². The van der Waals surface area contributed by atoms with Crippen LogP contribution in [0.5, 0.6) is 5.75 Å². The maximum Gasteiger partial charge on any atom is 0.573 e. The van der Waals surface area contributed by atoms with E-state index in [1.807, 2.05) is 0 Å². The molecule has 1 aliphatic carbocycles. The topological polar surface area (TPSA) is 84.9 Å². The van der Waals surface area contributed by atoms with Crippen molar-refractivity contribution in [2.24, 2.45) is 0 Å². The lowest BCUT2D eigenvalue weighted by molar-refractivity contribution is -0.303. The van der Waals surface area contributed by atoms with Gasteiger partial charge < -0.3 is 19.9 Å². The molecule has 2 N–H and O–H groups in total. The predicted molar refractivity (Wildman–Crippen MR) is 107 cm³/mol. The van der Waals surface area contributed by atoms with Gasteiger partial charge in [0, 0.05) is 11.1 Å². The predicted octanol–water partition coefficient (Wildman–Crippen LogP) is 4.35. The van der Waals surface area contributed by atoms with E-state index in [0.717, 1.165) is 12.2 Å². The largest absolute Gasteiger partial charge is 0.573 e. The molecule has 6 nitrogen and oxygen atoms in total. The minimum absolute atomic E-state index is 0.0687. The van der Waals surface area contributed by atoms with Gasteiger partial charge in [0.25, 0.3) is 5.91 Å². The highest BCUT2D eigenvalue weighted by Gasteiger charge is 2.31. The number of amides is 1. The number of nitrogens with one attached hydrogen (secondary N) is 1. The van der Waals surface area contributed by atoms with Crippen molar-refractivity contribution in [3.05, 3.63) is 58.9 Å².